The summed E-state index contributed by atoms with van der Waals surface area (Å²) in [5.41, 5.74) is 1.10. The molecule has 0 bridgehead atoms. The fourth-order valence-corrected chi connectivity index (χ4v) is 2.31. The topological polar surface area (TPSA) is 74.7 Å². The van der Waals surface area contributed by atoms with Crippen LogP contribution in [-0.4, -0.2) is 28.8 Å². The van der Waals surface area contributed by atoms with Gasteiger partial charge < -0.3 is 5.11 Å². The highest BCUT2D eigenvalue weighted by Crippen LogP contribution is 2.36. The van der Waals surface area contributed by atoms with Crippen LogP contribution in [0.15, 0.2) is 12.1 Å². The summed E-state index contributed by atoms with van der Waals surface area (Å²) in [6.45, 7) is 3.04. The normalized spacial score (nSPS) is 15.8. The first kappa shape index (κ1) is 12.6. The van der Waals surface area contributed by atoms with E-state index in [1.54, 1.807) is 13.0 Å². The molecule has 1 aromatic rings. The van der Waals surface area contributed by atoms with Crippen LogP contribution in [0.2, 0.25) is 5.02 Å². The van der Waals surface area contributed by atoms with Gasteiger partial charge in [0.15, 0.2) is 0 Å². The van der Waals surface area contributed by atoms with Gasteiger partial charge in [0.25, 0.3) is 11.7 Å². The number of aliphatic carboxylic acids is 1. The average molecular weight is 268 g/mol. The number of hydrogen-bond donors (Lipinski definition) is 1. The average Bonchev–Trinajstić information content (AvgIpc) is 2.52. The number of carboxylic acids is 1. The molecule has 6 heteroatoms. The van der Waals surface area contributed by atoms with Crippen molar-refractivity contribution < 1.29 is 19.5 Å². The molecule has 1 heterocycles. The van der Waals surface area contributed by atoms with Gasteiger partial charge in [0.2, 0.25) is 0 Å². The Bertz CT molecular complexity index is 582. The molecule has 0 radical (unpaired) electrons. The van der Waals surface area contributed by atoms with E-state index in [-0.39, 0.29) is 5.56 Å². The summed E-state index contributed by atoms with van der Waals surface area (Å²) >= 11 is 5.83. The van der Waals surface area contributed by atoms with Gasteiger partial charge in [-0.3, -0.25) is 14.5 Å². The van der Waals surface area contributed by atoms with Crippen molar-refractivity contribution in [2.45, 2.75) is 19.9 Å². The van der Waals surface area contributed by atoms with Gasteiger partial charge in [-0.2, -0.15) is 0 Å². The van der Waals surface area contributed by atoms with Gasteiger partial charge >= 0.3 is 5.97 Å². The third kappa shape index (κ3) is 1.67. The predicted molar refractivity (Wildman–Crippen MR) is 65.1 cm³/mol. The van der Waals surface area contributed by atoms with E-state index < -0.39 is 23.7 Å². The van der Waals surface area contributed by atoms with Gasteiger partial charge in [0, 0.05) is 5.02 Å². The Morgan fingerprint density at radius 3 is 2.56 bits per heavy atom. The van der Waals surface area contributed by atoms with Crippen LogP contribution in [0.1, 0.15) is 22.8 Å². The molecular weight excluding hydrogens is 258 g/mol. The van der Waals surface area contributed by atoms with E-state index >= 15 is 0 Å². The number of rotatable bonds is 2. The van der Waals surface area contributed by atoms with Crippen molar-refractivity contribution in [1.29, 1.82) is 0 Å². The Kier molecular flexibility index (Phi) is 2.86. The maximum atomic E-state index is 11.8. The summed E-state index contributed by atoms with van der Waals surface area (Å²) in [6.07, 6.45) is 0. The van der Waals surface area contributed by atoms with E-state index in [1.807, 2.05) is 0 Å². The van der Waals surface area contributed by atoms with E-state index in [0.29, 0.717) is 16.3 Å². The number of hydrogen-bond acceptors (Lipinski definition) is 3. The first-order valence-electron chi connectivity index (χ1n) is 5.25. The number of ketones is 1. The van der Waals surface area contributed by atoms with E-state index in [4.69, 9.17) is 16.7 Å². The molecule has 1 unspecified atom stereocenters. The van der Waals surface area contributed by atoms with Crippen LogP contribution in [-0.2, 0) is 9.59 Å². The minimum atomic E-state index is -1.17. The number of anilines is 1. The van der Waals surface area contributed by atoms with Crippen molar-refractivity contribution in [2.75, 3.05) is 4.90 Å². The van der Waals surface area contributed by atoms with Crippen molar-refractivity contribution in [3.63, 3.8) is 0 Å². The fraction of sp³-hybridized carbons (Fsp3) is 0.250. The molecule has 0 saturated carbocycles. The van der Waals surface area contributed by atoms with Crippen LogP contribution < -0.4 is 4.90 Å². The predicted octanol–water partition coefficient (Wildman–Crippen LogP) is 1.65. The zero-order chi connectivity index (χ0) is 13.6. The lowest BCUT2D eigenvalue weighted by Gasteiger charge is -2.22. The quantitative estimate of drug-likeness (QED) is 0.827. The summed E-state index contributed by atoms with van der Waals surface area (Å²) in [6, 6.07) is 1.88. The molecule has 0 fully saturated rings. The molecule has 1 N–H and O–H groups in total. The Morgan fingerprint density at radius 2 is 2.00 bits per heavy atom. The Morgan fingerprint density at radius 1 is 1.39 bits per heavy atom. The summed E-state index contributed by atoms with van der Waals surface area (Å²) < 4.78 is 0. The Hall–Kier alpha value is -1.88. The molecule has 0 aliphatic carbocycles. The lowest BCUT2D eigenvalue weighted by atomic mass is 10.1. The van der Waals surface area contributed by atoms with E-state index in [9.17, 15) is 14.4 Å². The summed E-state index contributed by atoms with van der Waals surface area (Å²) in [5.74, 6) is -2.72. The number of carbonyl (C=O) groups excluding carboxylic acids is 2. The number of nitrogens with zero attached hydrogens (tertiary/aromatic N) is 1. The second-order valence-electron chi connectivity index (χ2n) is 4.14. The van der Waals surface area contributed by atoms with Crippen LogP contribution in [0.3, 0.4) is 0 Å². The SMILES string of the molecule is Cc1cc(Cl)cc2c1N(C(C)C(=O)O)C(=O)C2=O. The molecule has 1 aliphatic heterocycles. The number of fused-ring (bicyclic) bond motifs is 1. The molecule has 94 valence electrons. The molecule has 2 rings (SSSR count). The number of benzene rings is 1. The summed E-state index contributed by atoms with van der Waals surface area (Å²) in [5, 5.41) is 9.33. The lowest BCUT2D eigenvalue weighted by Crippen LogP contribution is -2.42. The Balaban J connectivity index is 2.65. The maximum absolute atomic E-state index is 11.8. The molecule has 0 aromatic heterocycles. The molecule has 5 nitrogen and oxygen atoms in total. The second-order valence-corrected chi connectivity index (χ2v) is 4.57. The van der Waals surface area contributed by atoms with Crippen LogP contribution in [0.25, 0.3) is 0 Å². The smallest absolute Gasteiger partial charge is 0.326 e. The third-order valence-corrected chi connectivity index (χ3v) is 3.13. The van der Waals surface area contributed by atoms with Gasteiger partial charge in [-0.1, -0.05) is 11.6 Å². The van der Waals surface area contributed by atoms with Crippen molar-refractivity contribution in [1.82, 2.24) is 0 Å². The molecule has 1 atom stereocenters. The van der Waals surface area contributed by atoms with Gasteiger partial charge in [-0.25, -0.2) is 4.79 Å². The number of Topliss-reactive ketones (excluding diaryl/α,β-unsaturated/α-hetero) is 1. The highest BCUT2D eigenvalue weighted by Gasteiger charge is 2.41. The molecule has 1 aliphatic rings. The van der Waals surface area contributed by atoms with Crippen molar-refractivity contribution >= 4 is 34.9 Å². The fourth-order valence-electron chi connectivity index (χ4n) is 2.03. The summed E-state index contributed by atoms with van der Waals surface area (Å²) in [7, 11) is 0. The molecular formula is C12H10ClNO4. The Labute approximate surface area is 108 Å². The highest BCUT2D eigenvalue weighted by molar-refractivity contribution is 6.53. The van der Waals surface area contributed by atoms with Crippen LogP contribution in [0.4, 0.5) is 5.69 Å². The largest absolute Gasteiger partial charge is 0.480 e. The molecule has 18 heavy (non-hydrogen) atoms. The van der Waals surface area contributed by atoms with Gasteiger partial charge in [-0.05, 0) is 31.5 Å². The molecule has 1 amide bonds. The standard InChI is InChI=1S/C12H10ClNO4/c1-5-3-7(13)4-8-9(5)14(6(2)12(17)18)11(16)10(8)15/h3-4,6H,1-2H3,(H,17,18). The third-order valence-electron chi connectivity index (χ3n) is 2.91. The monoisotopic (exact) mass is 267 g/mol. The van der Waals surface area contributed by atoms with Gasteiger partial charge in [-0.15, -0.1) is 0 Å². The maximum Gasteiger partial charge on any atom is 0.326 e. The zero-order valence-electron chi connectivity index (χ0n) is 9.73. The van der Waals surface area contributed by atoms with E-state index in [1.165, 1.54) is 13.0 Å². The molecule has 0 saturated heterocycles. The number of carbonyl (C=O) groups is 3. The molecule has 0 spiro atoms. The minimum absolute atomic E-state index is 0.165. The second kappa shape index (κ2) is 4.10. The van der Waals surface area contributed by atoms with Crippen LogP contribution >= 0.6 is 11.6 Å². The van der Waals surface area contributed by atoms with E-state index in [0.717, 1.165) is 4.90 Å². The van der Waals surface area contributed by atoms with Crippen molar-refractivity contribution in [2.24, 2.45) is 0 Å². The van der Waals surface area contributed by atoms with E-state index in [2.05, 4.69) is 0 Å². The number of aryl methyl sites for hydroxylation is 1. The van der Waals surface area contributed by atoms with Crippen LogP contribution in [0, 0.1) is 6.92 Å². The highest BCUT2D eigenvalue weighted by atomic mass is 35.5. The first-order valence-corrected chi connectivity index (χ1v) is 5.63. The summed E-state index contributed by atoms with van der Waals surface area (Å²) in [4.78, 5) is 35.6. The zero-order valence-corrected chi connectivity index (χ0v) is 10.5. The number of halogens is 1. The minimum Gasteiger partial charge on any atom is -0.480 e. The number of carboxylic acid groups (broad SMARTS) is 1. The van der Waals surface area contributed by atoms with Crippen molar-refractivity contribution in [3.8, 4) is 0 Å². The van der Waals surface area contributed by atoms with Crippen LogP contribution in [0.5, 0.6) is 0 Å². The van der Waals surface area contributed by atoms with Crippen molar-refractivity contribution in [3.05, 3.63) is 28.3 Å². The lowest BCUT2D eigenvalue weighted by molar-refractivity contribution is -0.139. The molecule has 1 aromatic carbocycles. The number of amides is 1. The van der Waals surface area contributed by atoms with Gasteiger partial charge in [0.05, 0.1) is 11.3 Å². The first-order chi connectivity index (χ1) is 8.34. The van der Waals surface area contributed by atoms with Gasteiger partial charge in [0.1, 0.15) is 6.04 Å².